The second-order valence-corrected chi connectivity index (χ2v) is 35.0. The van der Waals surface area contributed by atoms with Crippen LogP contribution in [0.15, 0.2) is 132 Å². The number of nitrogens with one attached hydrogen (secondary N) is 3. The predicted octanol–water partition coefficient (Wildman–Crippen LogP) is 23.2. The SMILES string of the molecule is COC(=O)c1ccc2c(C3CCCCC3)c(-c3ccc4nc(-c5sc(C)nc5C)ccc4c3)[nH]c2c1C.COC(=O)c1ccc2c(C3CCCCC3)c(Br)[nH]c2c1C.Cc1nc(C)c(-c2ccc3cc(-c4[nH]c5c(C)c(C(=O)O)ccc5c4C4CCCCC4)ccc3n2)s1.Cc1nc(C)c(-c2ccc3cc(B(O)O)ccc3n2)s1. The number of fused-ring (bicyclic) bond motifs is 6. The molecule has 582 valence electrons. The standard InChI is InChI=1S/C31H31N3O2S.C30H29N3O2S.C17H20BrNO2.C14H13BN2O2S/c1-17-23(31(35)36-4)12-13-24-27(20-8-6-5-7-9-20)29(34-28(17)24)22-11-14-25-21(16-22)10-15-26(33-25)30-18(2)32-19(3)37-30;1-16-22(30(34)35)11-12-23-26(19-7-5-4-6-8-19)28(33-27(16)23)21-10-13-24-20(15-21)9-14-25(32-24)29-17(2)31-18(3)36-29;1-10-12(17(20)21-2)8-9-13-14(16(18)19-15(10)13)11-6-4-3-5-7-11;1-8-14(20-9(2)16-8)13-5-3-10-7-11(15(18)19)4-6-12(10)17-13/h10-16,20,34H,5-9H2,1-4H3;9-15,19,33H,4-8H2,1-3H3,(H,34,35);8-9,11,19H,3-7H2,1-2H3;3-7,18-19H,1-2H3. The molecule has 9 aromatic heterocycles. The zero-order valence-electron chi connectivity index (χ0n) is 66.2. The minimum atomic E-state index is -1.45. The van der Waals surface area contributed by atoms with Gasteiger partial charge in [-0.2, -0.15) is 0 Å². The molecule has 0 aliphatic heterocycles. The highest BCUT2D eigenvalue weighted by molar-refractivity contribution is 9.10. The fourth-order valence-corrected chi connectivity index (χ4v) is 21.0. The van der Waals surface area contributed by atoms with Gasteiger partial charge in [0.2, 0.25) is 0 Å². The number of aromatic nitrogens is 9. The fraction of sp³-hybridized carbons (Fsp3) is 0.315. The normalized spacial score (nSPS) is 14.3. The summed E-state index contributed by atoms with van der Waals surface area (Å²) < 4.78 is 11.0. The summed E-state index contributed by atoms with van der Waals surface area (Å²) in [4.78, 5) is 78.3. The van der Waals surface area contributed by atoms with Crippen molar-refractivity contribution in [2.24, 2.45) is 0 Å². The van der Waals surface area contributed by atoms with E-state index < -0.39 is 13.1 Å². The van der Waals surface area contributed by atoms with Crippen molar-refractivity contribution < 1.29 is 39.0 Å². The van der Waals surface area contributed by atoms with Gasteiger partial charge in [0.25, 0.3) is 0 Å². The molecule has 3 aliphatic carbocycles. The number of rotatable bonds is 12. The number of carboxylic acid groups (broad SMARTS) is 1. The summed E-state index contributed by atoms with van der Waals surface area (Å²) in [6, 6.07) is 42.3. The number of pyridine rings is 3. The first-order valence-electron chi connectivity index (χ1n) is 39.5. The molecule has 3 aliphatic rings. The number of ether oxygens (including phenoxy) is 2. The molecular weight excluding hydrogens is 1550 g/mol. The largest absolute Gasteiger partial charge is 0.488 e. The molecule has 3 saturated carbocycles. The lowest BCUT2D eigenvalue weighted by molar-refractivity contribution is 0.0591. The van der Waals surface area contributed by atoms with Crippen LogP contribution in [0.1, 0.15) is 211 Å². The number of halogens is 1. The van der Waals surface area contributed by atoms with Gasteiger partial charge in [0.1, 0.15) is 0 Å². The lowest BCUT2D eigenvalue weighted by Crippen LogP contribution is -2.29. The molecule has 0 radical (unpaired) electrons. The van der Waals surface area contributed by atoms with Crippen molar-refractivity contribution in [2.45, 2.75) is 176 Å². The Morgan fingerprint density at radius 1 is 0.412 bits per heavy atom. The van der Waals surface area contributed by atoms with Crippen molar-refractivity contribution in [2.75, 3.05) is 14.2 Å². The molecule has 18 rings (SSSR count). The van der Waals surface area contributed by atoms with Crippen LogP contribution in [0.2, 0.25) is 0 Å². The highest BCUT2D eigenvalue weighted by Crippen LogP contribution is 2.48. The molecule has 9 heterocycles. The highest BCUT2D eigenvalue weighted by atomic mass is 79.9. The quantitative estimate of drug-likeness (QED) is 0.0491. The summed E-state index contributed by atoms with van der Waals surface area (Å²) >= 11 is 8.69. The van der Waals surface area contributed by atoms with E-state index >= 15 is 0 Å². The molecule has 0 spiro atoms. The van der Waals surface area contributed by atoms with Crippen molar-refractivity contribution >= 4 is 146 Å². The molecule has 0 amide bonds. The Morgan fingerprint density at radius 3 is 1.11 bits per heavy atom. The Hall–Kier alpha value is -10.1. The summed E-state index contributed by atoms with van der Waals surface area (Å²) in [5, 5.41) is 37.9. The van der Waals surface area contributed by atoms with Gasteiger partial charge < -0.3 is 39.6 Å². The van der Waals surface area contributed by atoms with Crippen LogP contribution < -0.4 is 5.46 Å². The van der Waals surface area contributed by atoms with Crippen LogP contribution in [0.5, 0.6) is 0 Å². The Bertz CT molecular complexity index is 6210. The predicted molar refractivity (Wildman–Crippen MR) is 469 cm³/mol. The van der Waals surface area contributed by atoms with Crippen molar-refractivity contribution in [3.05, 3.63) is 214 Å². The second kappa shape index (κ2) is 33.8. The molecule has 6 N–H and O–H groups in total. The van der Waals surface area contributed by atoms with Gasteiger partial charge in [-0.05, 0) is 257 Å². The van der Waals surface area contributed by atoms with Gasteiger partial charge in [0, 0.05) is 38.0 Å². The Kier molecular flexibility index (Phi) is 23.5. The number of aromatic amines is 3. The third-order valence-corrected chi connectivity index (χ3v) is 27.1. The van der Waals surface area contributed by atoms with E-state index in [2.05, 4.69) is 124 Å². The maximum Gasteiger partial charge on any atom is 0.488 e. The van der Waals surface area contributed by atoms with Gasteiger partial charge in [-0.15, -0.1) is 34.0 Å². The fourth-order valence-electron chi connectivity index (χ4n) is 17.6. The number of H-pyrrole nitrogens is 3. The maximum absolute atomic E-state index is 12.4. The number of nitrogens with zero attached hydrogens (tertiary/aromatic N) is 6. The smallest absolute Gasteiger partial charge is 0.478 e. The third-order valence-electron chi connectivity index (χ3n) is 23.2. The average molecular weight is 1640 g/mol. The summed E-state index contributed by atoms with van der Waals surface area (Å²) in [7, 11) is 1.40. The van der Waals surface area contributed by atoms with Gasteiger partial charge in [0.15, 0.2) is 0 Å². The minimum Gasteiger partial charge on any atom is -0.478 e. The monoisotopic (exact) mass is 1640 g/mol. The number of aromatic carboxylic acids is 1. The van der Waals surface area contributed by atoms with Crippen LogP contribution >= 0.6 is 49.9 Å². The third kappa shape index (κ3) is 16.0. The van der Waals surface area contributed by atoms with Crippen molar-refractivity contribution in [3.63, 3.8) is 0 Å². The van der Waals surface area contributed by atoms with Gasteiger partial charge in [-0.1, -0.05) is 118 Å². The Labute approximate surface area is 683 Å². The number of carbonyl (C=O) groups is 3. The van der Waals surface area contributed by atoms with E-state index in [0.717, 1.165) is 162 Å². The van der Waals surface area contributed by atoms with Crippen LogP contribution in [0.3, 0.4) is 0 Å². The zero-order valence-corrected chi connectivity index (χ0v) is 70.2. The number of hydrogen-bond acceptors (Lipinski definition) is 16. The number of methoxy groups -OCH3 is 2. The van der Waals surface area contributed by atoms with Crippen molar-refractivity contribution in [1.82, 2.24) is 44.9 Å². The first-order chi connectivity index (χ1) is 55.0. The summed E-state index contributed by atoms with van der Waals surface area (Å²) in [5.74, 6) is 0.142. The van der Waals surface area contributed by atoms with Crippen LogP contribution in [0.25, 0.3) is 120 Å². The molecule has 22 heteroatoms. The summed E-state index contributed by atoms with van der Waals surface area (Å²) in [6.07, 6.45) is 18.8. The number of carbonyl (C=O) groups excluding carboxylic acids is 2. The minimum absolute atomic E-state index is 0.278. The van der Waals surface area contributed by atoms with E-state index in [1.54, 1.807) is 58.3 Å². The van der Waals surface area contributed by atoms with E-state index in [4.69, 9.17) is 19.4 Å². The Morgan fingerprint density at radius 2 is 0.754 bits per heavy atom. The number of thiazole rings is 3. The number of aryl methyl sites for hydroxylation is 9. The number of hydrogen-bond donors (Lipinski definition) is 6. The van der Waals surface area contributed by atoms with E-state index in [1.807, 2.05) is 92.6 Å². The van der Waals surface area contributed by atoms with E-state index in [9.17, 15) is 29.5 Å². The molecule has 6 aromatic carbocycles. The second-order valence-electron chi connectivity index (χ2n) is 30.6. The van der Waals surface area contributed by atoms with Gasteiger partial charge in [0.05, 0.1) is 133 Å². The average Bonchev–Trinajstić information content (AvgIpc) is 1.55. The molecule has 0 saturated heterocycles. The molecule has 0 bridgehead atoms. The van der Waals surface area contributed by atoms with Crippen LogP contribution in [-0.2, 0) is 9.47 Å². The highest BCUT2D eigenvalue weighted by Gasteiger charge is 2.30. The molecule has 0 atom stereocenters. The first-order valence-corrected chi connectivity index (χ1v) is 42.7. The molecule has 114 heavy (non-hydrogen) atoms. The van der Waals surface area contributed by atoms with E-state index in [-0.39, 0.29) is 11.9 Å². The molecule has 0 unspecified atom stereocenters. The maximum atomic E-state index is 12.4. The molecule has 15 aromatic rings. The van der Waals surface area contributed by atoms with Gasteiger partial charge in [-0.3, -0.25) is 0 Å². The van der Waals surface area contributed by atoms with Crippen LogP contribution in [-0.4, -0.2) is 99.3 Å². The van der Waals surface area contributed by atoms with Crippen LogP contribution in [0.4, 0.5) is 0 Å². The Balaban J connectivity index is 0.000000124. The van der Waals surface area contributed by atoms with Crippen molar-refractivity contribution in [3.8, 4) is 54.2 Å². The van der Waals surface area contributed by atoms with Gasteiger partial charge >= 0.3 is 25.0 Å². The zero-order chi connectivity index (χ0) is 79.9. The van der Waals surface area contributed by atoms with Crippen molar-refractivity contribution in [1.29, 1.82) is 0 Å². The topological polar surface area (TPSA) is 255 Å². The van der Waals surface area contributed by atoms with Crippen LogP contribution in [0, 0.1) is 62.3 Å². The number of esters is 2. The molecule has 3 fully saturated rings. The van der Waals surface area contributed by atoms with E-state index in [0.29, 0.717) is 39.9 Å². The molecule has 17 nitrogen and oxygen atoms in total. The summed E-state index contributed by atoms with van der Waals surface area (Å²) in [6.45, 7) is 18.0. The first kappa shape index (κ1) is 79.2. The van der Waals surface area contributed by atoms with Gasteiger partial charge in [-0.25, -0.2) is 44.3 Å². The number of carboxylic acids is 1. The number of benzene rings is 6. The summed E-state index contributed by atoms with van der Waals surface area (Å²) in [5.41, 5.74) is 25.1. The lowest BCUT2D eigenvalue weighted by atomic mass is 9.80. The molecular formula is C92H93BBrN9O8S3. The van der Waals surface area contributed by atoms with E-state index in [1.165, 1.54) is 138 Å². The lowest BCUT2D eigenvalue weighted by Gasteiger charge is -2.23.